The zero-order chi connectivity index (χ0) is 24.8. The first-order chi connectivity index (χ1) is 15.9. The van der Waals surface area contributed by atoms with Gasteiger partial charge in [-0.25, -0.2) is 9.37 Å². The number of thiazole rings is 1. The maximum absolute atomic E-state index is 14.0. The van der Waals surface area contributed by atoms with Gasteiger partial charge in [0.1, 0.15) is 0 Å². The number of rotatable bonds is 5. The van der Waals surface area contributed by atoms with Crippen LogP contribution in [0.2, 0.25) is 0 Å². The molecule has 4 rings (SSSR count). The number of nitrogens with zero attached hydrogens (tertiary/aromatic N) is 3. The number of carbonyl (C=O) groups excluding carboxylic acids is 2. The number of aromatic nitrogens is 2. The number of hydroxylamine groups is 2. The second-order valence-electron chi connectivity index (χ2n) is 7.40. The average molecular weight is 515 g/mol. The summed E-state index contributed by atoms with van der Waals surface area (Å²) in [6, 6.07) is 1.41. The number of fused-ring (bicyclic) bond motifs is 1. The number of anilines is 1. The molecule has 3 aromatic rings. The summed E-state index contributed by atoms with van der Waals surface area (Å²) >= 11 is 2.01. The molecule has 2 unspecified atom stereocenters. The SMILES string of the molecule is CC1C(=O)c2c(nsc2CC(=O)Nc2nc(-c3ccc(OC(F)(F)F)c(F)c3)cs2)C(C)N1[O-]. The van der Waals surface area contributed by atoms with Gasteiger partial charge in [0, 0.05) is 21.9 Å². The Morgan fingerprint density at radius 1 is 1.29 bits per heavy atom. The van der Waals surface area contributed by atoms with E-state index in [1.165, 1.54) is 18.4 Å². The van der Waals surface area contributed by atoms with E-state index in [4.69, 9.17) is 0 Å². The van der Waals surface area contributed by atoms with Crippen molar-refractivity contribution >= 4 is 39.7 Å². The molecular weight excluding hydrogens is 500 g/mol. The van der Waals surface area contributed by atoms with Crippen LogP contribution >= 0.6 is 22.9 Å². The molecule has 1 aliphatic heterocycles. The van der Waals surface area contributed by atoms with Crippen molar-refractivity contribution in [2.24, 2.45) is 0 Å². The van der Waals surface area contributed by atoms with Crippen molar-refractivity contribution in [3.63, 3.8) is 0 Å². The number of Topliss-reactive ketones (excluding diaryl/α,β-unsaturated/α-hetero) is 1. The number of hydrogen-bond donors (Lipinski definition) is 1. The molecule has 0 saturated heterocycles. The Morgan fingerprint density at radius 2 is 2.03 bits per heavy atom. The van der Waals surface area contributed by atoms with Crippen LogP contribution in [0.3, 0.4) is 0 Å². The van der Waals surface area contributed by atoms with Crippen LogP contribution in [0.15, 0.2) is 23.6 Å². The third-order valence-electron chi connectivity index (χ3n) is 5.10. The second-order valence-corrected chi connectivity index (χ2v) is 9.11. The molecule has 2 atom stereocenters. The van der Waals surface area contributed by atoms with E-state index >= 15 is 0 Å². The summed E-state index contributed by atoms with van der Waals surface area (Å²) in [4.78, 5) is 29.7. The lowest BCUT2D eigenvalue weighted by atomic mass is 9.93. The molecular formula is C20H15F4N4O4S2-. The number of nitrogens with one attached hydrogen (secondary N) is 1. The van der Waals surface area contributed by atoms with Crippen LogP contribution < -0.4 is 10.1 Å². The number of halogens is 4. The predicted octanol–water partition coefficient (Wildman–Crippen LogP) is 4.93. The summed E-state index contributed by atoms with van der Waals surface area (Å²) in [5.74, 6) is -3.05. The molecule has 34 heavy (non-hydrogen) atoms. The van der Waals surface area contributed by atoms with E-state index in [0.29, 0.717) is 21.2 Å². The highest BCUT2D eigenvalue weighted by molar-refractivity contribution is 7.14. The molecule has 2 aromatic heterocycles. The predicted molar refractivity (Wildman–Crippen MR) is 116 cm³/mol. The zero-order valence-corrected chi connectivity index (χ0v) is 19.1. The standard InChI is InChI=1S/C20H15F4N4O4S2/c1-8-17-16(18(30)9(2)28(8)31)14(34-27-17)6-15(29)26-19-25-12(7-33-19)10-3-4-13(11(21)5-10)32-20(22,23)24/h3-5,7-9H,6H2,1-2H3,(H,25,26,29)/q-1. The molecule has 14 heteroatoms. The molecule has 1 amide bonds. The topological polar surface area (TPSA) is 107 Å². The Balaban J connectivity index is 1.46. The average Bonchev–Trinajstić information content (AvgIpc) is 3.38. The Labute approximate surface area is 197 Å². The summed E-state index contributed by atoms with van der Waals surface area (Å²) in [6.07, 6.45) is -5.18. The summed E-state index contributed by atoms with van der Waals surface area (Å²) in [5, 5.41) is 17.0. The first kappa shape index (κ1) is 24.2. The highest BCUT2D eigenvalue weighted by atomic mass is 32.1. The normalized spacial score (nSPS) is 18.6. The third-order valence-corrected chi connectivity index (χ3v) is 6.71. The lowest BCUT2D eigenvalue weighted by molar-refractivity contribution is -0.275. The van der Waals surface area contributed by atoms with Crippen LogP contribution in [-0.2, 0) is 11.2 Å². The lowest BCUT2D eigenvalue weighted by Crippen LogP contribution is -2.42. The maximum atomic E-state index is 14.0. The van der Waals surface area contributed by atoms with Crippen LogP contribution in [0.5, 0.6) is 5.75 Å². The number of ether oxygens (including phenoxy) is 1. The van der Waals surface area contributed by atoms with E-state index in [0.717, 1.165) is 35.0 Å². The van der Waals surface area contributed by atoms with Crippen molar-refractivity contribution in [2.75, 3.05) is 5.32 Å². The minimum atomic E-state index is -5.02. The van der Waals surface area contributed by atoms with Gasteiger partial charge in [0.25, 0.3) is 0 Å². The Morgan fingerprint density at radius 3 is 2.71 bits per heavy atom. The van der Waals surface area contributed by atoms with E-state index in [2.05, 4.69) is 19.4 Å². The van der Waals surface area contributed by atoms with Crippen molar-refractivity contribution < 1.29 is 31.9 Å². The molecule has 0 spiro atoms. The van der Waals surface area contributed by atoms with Crippen LogP contribution in [-0.4, -0.2) is 38.5 Å². The first-order valence-electron chi connectivity index (χ1n) is 9.73. The van der Waals surface area contributed by atoms with E-state index in [9.17, 15) is 32.4 Å². The minimum Gasteiger partial charge on any atom is -0.784 e. The van der Waals surface area contributed by atoms with Crippen LogP contribution in [0, 0.1) is 11.0 Å². The third kappa shape index (κ3) is 4.80. The van der Waals surface area contributed by atoms with Gasteiger partial charge >= 0.3 is 6.36 Å². The number of carbonyl (C=O) groups is 2. The Bertz CT molecular complexity index is 1260. The van der Waals surface area contributed by atoms with Gasteiger partial charge in [0.2, 0.25) is 5.91 Å². The number of hydrogen-bond acceptors (Lipinski definition) is 9. The van der Waals surface area contributed by atoms with Crippen molar-refractivity contribution in [3.05, 3.63) is 50.7 Å². The smallest absolute Gasteiger partial charge is 0.573 e. The van der Waals surface area contributed by atoms with Crippen LogP contribution in [0.1, 0.15) is 40.8 Å². The molecule has 0 bridgehead atoms. The summed E-state index contributed by atoms with van der Waals surface area (Å²) in [7, 11) is 0. The molecule has 180 valence electrons. The van der Waals surface area contributed by atoms with Crippen LogP contribution in [0.25, 0.3) is 11.3 Å². The number of amides is 1. The molecule has 1 N–H and O–H groups in total. The van der Waals surface area contributed by atoms with Gasteiger partial charge in [0.15, 0.2) is 22.5 Å². The number of ketones is 1. The maximum Gasteiger partial charge on any atom is 0.573 e. The quantitative estimate of drug-likeness (QED) is 0.480. The van der Waals surface area contributed by atoms with Crippen molar-refractivity contribution in [1.82, 2.24) is 14.4 Å². The Hall–Kier alpha value is -2.94. The summed E-state index contributed by atoms with van der Waals surface area (Å²) < 4.78 is 58.6. The molecule has 0 saturated carbocycles. The highest BCUT2D eigenvalue weighted by Crippen LogP contribution is 2.36. The van der Waals surface area contributed by atoms with Gasteiger partial charge in [-0.05, 0) is 43.6 Å². The molecule has 0 fully saturated rings. The summed E-state index contributed by atoms with van der Waals surface area (Å²) in [5.41, 5.74) is 1.07. The highest BCUT2D eigenvalue weighted by Gasteiger charge is 2.35. The molecule has 0 aliphatic carbocycles. The lowest BCUT2D eigenvalue weighted by Gasteiger charge is -2.42. The second kappa shape index (κ2) is 9.02. The fraction of sp³-hybridized carbons (Fsp3) is 0.300. The fourth-order valence-electron chi connectivity index (χ4n) is 3.43. The van der Waals surface area contributed by atoms with E-state index in [1.807, 2.05) is 0 Å². The zero-order valence-electron chi connectivity index (χ0n) is 17.5. The van der Waals surface area contributed by atoms with E-state index in [1.54, 1.807) is 6.92 Å². The van der Waals surface area contributed by atoms with Gasteiger partial charge in [-0.15, -0.1) is 24.5 Å². The number of alkyl halides is 3. The van der Waals surface area contributed by atoms with E-state index < -0.39 is 41.7 Å². The van der Waals surface area contributed by atoms with Crippen molar-refractivity contribution in [3.8, 4) is 17.0 Å². The van der Waals surface area contributed by atoms with Crippen molar-refractivity contribution in [2.45, 2.75) is 38.7 Å². The molecule has 1 aliphatic rings. The fourth-order valence-corrected chi connectivity index (χ4v) is 5.11. The van der Waals surface area contributed by atoms with Gasteiger partial charge in [-0.3, -0.25) is 9.59 Å². The summed E-state index contributed by atoms with van der Waals surface area (Å²) in [6.45, 7) is 3.14. The molecule has 1 aromatic carbocycles. The Kier molecular flexibility index (Phi) is 6.42. The van der Waals surface area contributed by atoms with Gasteiger partial charge in [0.05, 0.1) is 29.4 Å². The minimum absolute atomic E-state index is 0.163. The van der Waals surface area contributed by atoms with Crippen molar-refractivity contribution in [1.29, 1.82) is 0 Å². The largest absolute Gasteiger partial charge is 0.784 e. The van der Waals surface area contributed by atoms with E-state index in [-0.39, 0.29) is 22.8 Å². The van der Waals surface area contributed by atoms with Crippen LogP contribution in [0.4, 0.5) is 22.7 Å². The monoisotopic (exact) mass is 515 g/mol. The number of benzene rings is 1. The van der Waals surface area contributed by atoms with Gasteiger partial charge in [-0.2, -0.15) is 4.37 Å². The van der Waals surface area contributed by atoms with Gasteiger partial charge in [-0.1, -0.05) is 0 Å². The molecule has 3 heterocycles. The molecule has 0 radical (unpaired) electrons. The van der Waals surface area contributed by atoms with Gasteiger partial charge < -0.3 is 20.3 Å². The first-order valence-corrected chi connectivity index (χ1v) is 11.4. The molecule has 8 nitrogen and oxygen atoms in total.